The van der Waals surface area contributed by atoms with Crippen molar-refractivity contribution in [2.75, 3.05) is 0 Å². The van der Waals surface area contributed by atoms with Crippen LogP contribution in [0.25, 0.3) is 28.0 Å². The fourth-order valence-electron chi connectivity index (χ4n) is 3.82. The number of nitrogens with zero attached hydrogens (tertiary/aromatic N) is 4. The zero-order valence-corrected chi connectivity index (χ0v) is 15.5. The first-order valence-electron chi connectivity index (χ1n) is 9.31. The van der Waals surface area contributed by atoms with Crippen molar-refractivity contribution in [2.24, 2.45) is 0 Å². The van der Waals surface area contributed by atoms with Gasteiger partial charge in [0.1, 0.15) is 22.7 Å². The van der Waals surface area contributed by atoms with Gasteiger partial charge >= 0.3 is 5.69 Å². The molecule has 2 atom stereocenters. The van der Waals surface area contributed by atoms with Crippen molar-refractivity contribution in [1.82, 2.24) is 24.1 Å². The van der Waals surface area contributed by atoms with Gasteiger partial charge in [0.15, 0.2) is 11.1 Å². The Kier molecular flexibility index (Phi) is 3.61. The van der Waals surface area contributed by atoms with E-state index in [1.165, 1.54) is 4.57 Å². The molecule has 0 fully saturated rings. The molecule has 2 bridgehead atoms. The van der Waals surface area contributed by atoms with E-state index in [0.29, 0.717) is 33.8 Å². The van der Waals surface area contributed by atoms with Gasteiger partial charge < -0.3 is 9.30 Å². The lowest BCUT2D eigenvalue weighted by molar-refractivity contribution is 0.202. The second-order valence-corrected chi connectivity index (χ2v) is 7.25. The summed E-state index contributed by atoms with van der Waals surface area (Å²) in [5.74, 6) is 0.998. The average Bonchev–Trinajstić information content (AvgIpc) is 3.02. The van der Waals surface area contributed by atoms with Gasteiger partial charge in [-0.15, -0.1) is 0 Å². The number of pyridine rings is 3. The number of aromatic nitrogens is 5. The largest absolute Gasteiger partial charge is 0.488 e. The molecule has 4 aromatic heterocycles. The number of H-pyrrole nitrogens is 1. The van der Waals surface area contributed by atoms with Gasteiger partial charge in [-0.1, -0.05) is 0 Å². The smallest absolute Gasteiger partial charge is 0.333 e. The van der Waals surface area contributed by atoms with Crippen molar-refractivity contribution in [1.29, 1.82) is 0 Å². The molecule has 8 nitrogen and oxygen atoms in total. The number of hydrogen-bond acceptors (Lipinski definition) is 5. The summed E-state index contributed by atoms with van der Waals surface area (Å²) in [4.78, 5) is 36.8. The normalized spacial score (nSPS) is 19.4. The molecule has 0 amide bonds. The van der Waals surface area contributed by atoms with Crippen LogP contribution in [0.15, 0.2) is 46.2 Å². The first-order valence-corrected chi connectivity index (χ1v) is 9.31. The fourth-order valence-corrected chi connectivity index (χ4v) is 3.82. The lowest BCUT2D eigenvalue weighted by Gasteiger charge is -2.22. The third kappa shape index (κ3) is 2.45. The maximum absolute atomic E-state index is 12.7. The lowest BCUT2D eigenvalue weighted by Crippen LogP contribution is -2.21. The van der Waals surface area contributed by atoms with E-state index in [-0.39, 0.29) is 23.3 Å². The van der Waals surface area contributed by atoms with E-state index in [1.54, 1.807) is 36.7 Å². The van der Waals surface area contributed by atoms with E-state index in [2.05, 4.69) is 16.9 Å². The van der Waals surface area contributed by atoms with E-state index in [1.807, 2.05) is 11.5 Å². The van der Waals surface area contributed by atoms with Crippen LogP contribution in [0.4, 0.5) is 0 Å². The molecule has 5 rings (SSSR count). The van der Waals surface area contributed by atoms with Crippen LogP contribution in [-0.4, -0.2) is 30.2 Å². The molecule has 8 heteroatoms. The summed E-state index contributed by atoms with van der Waals surface area (Å²) < 4.78 is 9.61. The van der Waals surface area contributed by atoms with E-state index < -0.39 is 0 Å². The molecule has 4 aromatic rings. The highest BCUT2D eigenvalue weighted by molar-refractivity contribution is 5.81. The zero-order valence-electron chi connectivity index (χ0n) is 15.5. The highest BCUT2D eigenvalue weighted by Crippen LogP contribution is 2.28. The molecule has 142 valence electrons. The van der Waals surface area contributed by atoms with Crippen LogP contribution in [0.1, 0.15) is 32.7 Å². The molecule has 5 heterocycles. The van der Waals surface area contributed by atoms with E-state index in [9.17, 15) is 9.59 Å². The first kappa shape index (κ1) is 16.7. The first-order chi connectivity index (χ1) is 13.5. The Morgan fingerprint density at radius 1 is 1.14 bits per heavy atom. The predicted octanol–water partition coefficient (Wildman–Crippen LogP) is 2.55. The van der Waals surface area contributed by atoms with E-state index in [0.717, 1.165) is 12.8 Å². The van der Waals surface area contributed by atoms with Crippen molar-refractivity contribution in [2.45, 2.75) is 38.8 Å². The minimum absolute atomic E-state index is 0.0490. The van der Waals surface area contributed by atoms with Gasteiger partial charge in [-0.05, 0) is 38.8 Å². The van der Waals surface area contributed by atoms with Crippen molar-refractivity contribution in [3.63, 3.8) is 0 Å². The third-order valence-corrected chi connectivity index (χ3v) is 5.32. The molecule has 0 aromatic carbocycles. The molecule has 28 heavy (non-hydrogen) atoms. The highest BCUT2D eigenvalue weighted by atomic mass is 16.5. The van der Waals surface area contributed by atoms with Gasteiger partial charge in [-0.3, -0.25) is 9.78 Å². The van der Waals surface area contributed by atoms with Crippen LogP contribution in [0, 0.1) is 0 Å². The molecule has 0 aliphatic carbocycles. The van der Waals surface area contributed by atoms with Crippen LogP contribution in [0.5, 0.6) is 5.75 Å². The van der Waals surface area contributed by atoms with Gasteiger partial charge in [-0.25, -0.2) is 19.3 Å². The maximum Gasteiger partial charge on any atom is 0.333 e. The Balaban J connectivity index is 1.91. The number of imidazole rings is 1. The van der Waals surface area contributed by atoms with Crippen LogP contribution in [-0.2, 0) is 0 Å². The Bertz CT molecular complexity index is 1330. The van der Waals surface area contributed by atoms with Crippen molar-refractivity contribution in [3.05, 3.63) is 57.4 Å². The van der Waals surface area contributed by atoms with Crippen LogP contribution in [0.3, 0.4) is 0 Å². The van der Waals surface area contributed by atoms with Crippen LogP contribution in [0.2, 0.25) is 0 Å². The minimum Gasteiger partial charge on any atom is -0.488 e. The highest BCUT2D eigenvalue weighted by Gasteiger charge is 2.20. The molecule has 1 aliphatic heterocycles. The molecule has 0 unspecified atom stereocenters. The van der Waals surface area contributed by atoms with Crippen LogP contribution < -0.4 is 15.9 Å². The molecule has 1 N–H and O–H groups in total. The minimum atomic E-state index is -0.354. The molecule has 0 radical (unpaired) electrons. The van der Waals surface area contributed by atoms with Gasteiger partial charge in [0.2, 0.25) is 0 Å². The zero-order chi connectivity index (χ0) is 19.4. The maximum atomic E-state index is 12.7. The van der Waals surface area contributed by atoms with Gasteiger partial charge in [0.25, 0.3) is 0 Å². The number of fused-ring (bicyclic) bond motifs is 2. The summed E-state index contributed by atoms with van der Waals surface area (Å²) in [5, 5.41) is 0.533. The number of hydrogen-bond donors (Lipinski definition) is 1. The topological polar surface area (TPSA) is 94.8 Å². The summed E-state index contributed by atoms with van der Waals surface area (Å²) >= 11 is 0. The standard InChI is InChI=1S/C20H19N5O3/c1-11-3-4-12(2)28-15-7-9-21-18-17(15)25(20(27)23-18)16-6-5-13-14(26)8-10-24(11)19(13)22-16/h5-12H,3-4H2,1-2H3,(H,21,23,27)/t11-,12+/m0/s1. The Morgan fingerprint density at radius 2 is 2.00 bits per heavy atom. The number of ether oxygens (including phenoxy) is 1. The van der Waals surface area contributed by atoms with Crippen molar-refractivity contribution < 1.29 is 4.74 Å². The Morgan fingerprint density at radius 3 is 2.86 bits per heavy atom. The number of rotatable bonds is 0. The summed E-state index contributed by atoms with van der Waals surface area (Å²) in [7, 11) is 0. The Hall–Kier alpha value is -3.42. The second-order valence-electron chi connectivity index (χ2n) is 7.25. The quantitative estimate of drug-likeness (QED) is 0.508. The van der Waals surface area contributed by atoms with Crippen molar-refractivity contribution in [3.8, 4) is 11.6 Å². The summed E-state index contributed by atoms with van der Waals surface area (Å²) in [6.07, 6.45) is 5.01. The predicted molar refractivity (Wildman–Crippen MR) is 105 cm³/mol. The van der Waals surface area contributed by atoms with E-state index >= 15 is 0 Å². The Labute approximate surface area is 159 Å². The second kappa shape index (κ2) is 6.05. The molecule has 1 aliphatic rings. The SMILES string of the molecule is C[C@@H]1CC[C@H](C)n2ccc(=O)c3ccc(nc32)-n2c(=O)[nH]c3nccc(c32)O1. The number of nitrogens with one attached hydrogen (secondary N) is 1. The van der Waals surface area contributed by atoms with E-state index in [4.69, 9.17) is 9.72 Å². The molecule has 0 spiro atoms. The fraction of sp³-hybridized carbons (Fsp3) is 0.300. The molecular formula is C20H19N5O3. The summed E-state index contributed by atoms with van der Waals surface area (Å²) in [5.41, 5.74) is 1.11. The van der Waals surface area contributed by atoms with Crippen molar-refractivity contribution >= 4 is 22.2 Å². The van der Waals surface area contributed by atoms with Gasteiger partial charge in [0, 0.05) is 30.6 Å². The average molecular weight is 377 g/mol. The molecular weight excluding hydrogens is 358 g/mol. The monoisotopic (exact) mass is 377 g/mol. The third-order valence-electron chi connectivity index (χ3n) is 5.32. The summed E-state index contributed by atoms with van der Waals surface area (Å²) in [6, 6.07) is 6.84. The molecule has 0 saturated carbocycles. The number of aromatic amines is 1. The molecule has 0 saturated heterocycles. The summed E-state index contributed by atoms with van der Waals surface area (Å²) in [6.45, 7) is 4.10. The lowest BCUT2D eigenvalue weighted by atomic mass is 10.1. The van der Waals surface area contributed by atoms with Gasteiger partial charge in [0.05, 0.1) is 11.5 Å². The van der Waals surface area contributed by atoms with Crippen LogP contribution >= 0.6 is 0 Å². The van der Waals surface area contributed by atoms with Gasteiger partial charge in [-0.2, -0.15) is 0 Å².